The maximum absolute atomic E-state index is 12.1. The first-order valence-corrected chi connectivity index (χ1v) is 6.86. The van der Waals surface area contributed by atoms with Gasteiger partial charge in [-0.05, 0) is 30.0 Å². The molecule has 0 radical (unpaired) electrons. The van der Waals surface area contributed by atoms with E-state index in [1.807, 2.05) is 0 Å². The summed E-state index contributed by atoms with van der Waals surface area (Å²) >= 11 is 0. The smallest absolute Gasteiger partial charge is 0.239 e. The second-order valence-corrected chi connectivity index (χ2v) is 5.37. The van der Waals surface area contributed by atoms with Crippen molar-refractivity contribution < 1.29 is 15.0 Å². The summed E-state index contributed by atoms with van der Waals surface area (Å²) in [7, 11) is 1.75. The molecule has 1 amide bonds. The zero-order valence-corrected chi connectivity index (χ0v) is 12.3. The second kappa shape index (κ2) is 7.14. The molecule has 5 nitrogen and oxygen atoms in total. The van der Waals surface area contributed by atoms with Gasteiger partial charge in [0.2, 0.25) is 5.91 Å². The molecule has 0 aliphatic rings. The first kappa shape index (κ1) is 16.3. The van der Waals surface area contributed by atoms with Crippen molar-refractivity contribution >= 4 is 5.91 Å². The third-order valence-electron chi connectivity index (χ3n) is 3.47. The minimum absolute atomic E-state index is 0.113. The first-order chi connectivity index (χ1) is 9.35. The van der Waals surface area contributed by atoms with E-state index in [1.54, 1.807) is 18.0 Å². The molecule has 0 bridgehead atoms. The number of carbonyl (C=O) groups is 1. The lowest BCUT2D eigenvalue weighted by Crippen LogP contribution is -2.44. The van der Waals surface area contributed by atoms with Crippen LogP contribution in [0.5, 0.6) is 11.5 Å². The van der Waals surface area contributed by atoms with Crippen LogP contribution in [0.2, 0.25) is 0 Å². The Morgan fingerprint density at radius 3 is 2.55 bits per heavy atom. The Morgan fingerprint density at radius 2 is 2.00 bits per heavy atom. The number of hydrogen-bond donors (Lipinski definition) is 3. The summed E-state index contributed by atoms with van der Waals surface area (Å²) in [4.78, 5) is 13.8. The minimum Gasteiger partial charge on any atom is -0.504 e. The minimum atomic E-state index is -0.645. The quantitative estimate of drug-likeness (QED) is 0.689. The molecule has 0 spiro atoms. The van der Waals surface area contributed by atoms with Crippen LogP contribution in [0, 0.1) is 5.92 Å². The number of phenolic OH excluding ortho intramolecular Hbond substituents is 2. The lowest BCUT2D eigenvalue weighted by Gasteiger charge is -2.24. The Morgan fingerprint density at radius 1 is 1.35 bits per heavy atom. The van der Waals surface area contributed by atoms with Gasteiger partial charge in [-0.15, -0.1) is 0 Å². The number of amides is 1. The van der Waals surface area contributed by atoms with Crippen LogP contribution in [-0.2, 0) is 11.2 Å². The number of hydrogen-bond acceptors (Lipinski definition) is 4. The van der Waals surface area contributed by atoms with Crippen LogP contribution in [0.3, 0.4) is 0 Å². The normalized spacial score (nSPS) is 13.8. The monoisotopic (exact) mass is 280 g/mol. The standard InChI is InChI=1S/C15H24N2O3/c1-4-10(2)9-17(3)15(20)12(16)7-11-5-6-13(18)14(19)8-11/h5-6,8,10,12,18-19H,4,7,9,16H2,1-3H3/t10?,12-/m0/s1. The zero-order valence-electron chi connectivity index (χ0n) is 12.3. The Bertz CT molecular complexity index is 462. The van der Waals surface area contributed by atoms with Crippen LogP contribution < -0.4 is 5.73 Å². The van der Waals surface area contributed by atoms with Gasteiger partial charge < -0.3 is 20.8 Å². The molecule has 1 unspecified atom stereocenters. The highest BCUT2D eigenvalue weighted by Gasteiger charge is 2.19. The largest absolute Gasteiger partial charge is 0.504 e. The average Bonchev–Trinajstić information content (AvgIpc) is 2.41. The van der Waals surface area contributed by atoms with E-state index in [2.05, 4.69) is 13.8 Å². The molecule has 0 aliphatic heterocycles. The van der Waals surface area contributed by atoms with Gasteiger partial charge in [0.25, 0.3) is 0 Å². The number of carbonyl (C=O) groups excluding carboxylic acids is 1. The topological polar surface area (TPSA) is 86.8 Å². The van der Waals surface area contributed by atoms with E-state index in [4.69, 9.17) is 5.73 Å². The number of likely N-dealkylation sites (N-methyl/N-ethyl adjacent to an activating group) is 1. The molecular formula is C15H24N2O3. The van der Waals surface area contributed by atoms with E-state index in [0.717, 1.165) is 12.0 Å². The van der Waals surface area contributed by atoms with Crippen molar-refractivity contribution in [3.8, 4) is 11.5 Å². The predicted molar refractivity (Wildman–Crippen MR) is 78.5 cm³/mol. The van der Waals surface area contributed by atoms with E-state index >= 15 is 0 Å². The molecule has 0 aliphatic carbocycles. The van der Waals surface area contributed by atoms with Crippen LogP contribution in [-0.4, -0.2) is 40.7 Å². The molecule has 20 heavy (non-hydrogen) atoms. The highest BCUT2D eigenvalue weighted by Crippen LogP contribution is 2.25. The van der Waals surface area contributed by atoms with Gasteiger partial charge in [-0.2, -0.15) is 0 Å². The maximum atomic E-state index is 12.1. The Hall–Kier alpha value is -1.75. The third-order valence-corrected chi connectivity index (χ3v) is 3.47. The fraction of sp³-hybridized carbons (Fsp3) is 0.533. The zero-order chi connectivity index (χ0) is 15.3. The highest BCUT2D eigenvalue weighted by molar-refractivity contribution is 5.81. The lowest BCUT2D eigenvalue weighted by atomic mass is 10.0. The summed E-state index contributed by atoms with van der Waals surface area (Å²) in [6.45, 7) is 4.86. The first-order valence-electron chi connectivity index (χ1n) is 6.86. The fourth-order valence-electron chi connectivity index (χ4n) is 2.01. The number of nitrogens with zero attached hydrogens (tertiary/aromatic N) is 1. The van der Waals surface area contributed by atoms with Crippen molar-refractivity contribution in [1.29, 1.82) is 0 Å². The molecule has 0 heterocycles. The molecule has 1 rings (SSSR count). The van der Waals surface area contributed by atoms with E-state index in [1.165, 1.54) is 12.1 Å². The molecule has 2 atom stereocenters. The summed E-state index contributed by atoms with van der Waals surface area (Å²) in [5, 5.41) is 18.7. The molecule has 0 aromatic heterocycles. The molecule has 1 aromatic rings. The van der Waals surface area contributed by atoms with Gasteiger partial charge in [0, 0.05) is 13.6 Å². The van der Waals surface area contributed by atoms with Gasteiger partial charge in [-0.25, -0.2) is 0 Å². The molecule has 0 saturated carbocycles. The van der Waals surface area contributed by atoms with Gasteiger partial charge in [0.15, 0.2) is 11.5 Å². The van der Waals surface area contributed by atoms with E-state index < -0.39 is 6.04 Å². The van der Waals surface area contributed by atoms with E-state index in [9.17, 15) is 15.0 Å². The van der Waals surface area contributed by atoms with Gasteiger partial charge in [-0.3, -0.25) is 4.79 Å². The molecule has 4 N–H and O–H groups in total. The van der Waals surface area contributed by atoms with E-state index in [0.29, 0.717) is 18.9 Å². The molecule has 5 heteroatoms. The van der Waals surface area contributed by atoms with Crippen LogP contribution in [0.15, 0.2) is 18.2 Å². The molecular weight excluding hydrogens is 256 g/mol. The average molecular weight is 280 g/mol. The Labute approximate surface area is 120 Å². The fourth-order valence-corrected chi connectivity index (χ4v) is 2.01. The van der Waals surface area contributed by atoms with Crippen LogP contribution in [0.1, 0.15) is 25.8 Å². The number of phenols is 2. The predicted octanol–water partition coefficient (Wildman–Crippen LogP) is 1.47. The van der Waals surface area contributed by atoms with Crippen LogP contribution in [0.4, 0.5) is 0 Å². The second-order valence-electron chi connectivity index (χ2n) is 5.37. The summed E-state index contributed by atoms with van der Waals surface area (Å²) in [6.07, 6.45) is 1.34. The van der Waals surface area contributed by atoms with E-state index in [-0.39, 0.29) is 17.4 Å². The summed E-state index contributed by atoms with van der Waals surface area (Å²) in [5.74, 6) is -0.0515. The molecule has 112 valence electrons. The number of benzene rings is 1. The van der Waals surface area contributed by atoms with Gasteiger partial charge in [0.1, 0.15) is 0 Å². The summed E-state index contributed by atoms with van der Waals surface area (Å²) < 4.78 is 0. The maximum Gasteiger partial charge on any atom is 0.239 e. The van der Waals surface area contributed by atoms with Gasteiger partial charge in [0.05, 0.1) is 6.04 Å². The van der Waals surface area contributed by atoms with Crippen molar-refractivity contribution in [2.45, 2.75) is 32.7 Å². The number of nitrogens with two attached hydrogens (primary N) is 1. The highest BCUT2D eigenvalue weighted by atomic mass is 16.3. The van der Waals surface area contributed by atoms with Crippen LogP contribution >= 0.6 is 0 Å². The van der Waals surface area contributed by atoms with Crippen LogP contribution in [0.25, 0.3) is 0 Å². The summed E-state index contributed by atoms with van der Waals surface area (Å²) in [5.41, 5.74) is 6.64. The van der Waals surface area contributed by atoms with Crippen molar-refractivity contribution in [3.05, 3.63) is 23.8 Å². The third kappa shape index (κ3) is 4.42. The summed E-state index contributed by atoms with van der Waals surface area (Å²) in [6, 6.07) is 3.83. The van der Waals surface area contributed by atoms with Crippen molar-refractivity contribution in [2.24, 2.45) is 11.7 Å². The van der Waals surface area contributed by atoms with Crippen molar-refractivity contribution in [1.82, 2.24) is 4.90 Å². The number of aromatic hydroxyl groups is 2. The Balaban J connectivity index is 2.63. The SMILES string of the molecule is CCC(C)CN(C)C(=O)[C@@H](N)Cc1ccc(O)c(O)c1. The van der Waals surface area contributed by atoms with Crippen molar-refractivity contribution in [2.75, 3.05) is 13.6 Å². The van der Waals surface area contributed by atoms with Crippen molar-refractivity contribution in [3.63, 3.8) is 0 Å². The van der Waals surface area contributed by atoms with Gasteiger partial charge >= 0.3 is 0 Å². The lowest BCUT2D eigenvalue weighted by molar-refractivity contribution is -0.131. The molecule has 1 aromatic carbocycles. The number of rotatable bonds is 6. The Kier molecular flexibility index (Phi) is 5.82. The van der Waals surface area contributed by atoms with Gasteiger partial charge in [-0.1, -0.05) is 26.3 Å². The molecule has 0 saturated heterocycles. The molecule has 0 fully saturated rings.